The van der Waals surface area contributed by atoms with Gasteiger partial charge in [0.15, 0.2) is 11.5 Å². The Morgan fingerprint density at radius 1 is 1.00 bits per heavy atom. The lowest BCUT2D eigenvalue weighted by Crippen LogP contribution is -2.42. The van der Waals surface area contributed by atoms with E-state index < -0.39 is 17.9 Å². The van der Waals surface area contributed by atoms with Crippen LogP contribution in [0.15, 0.2) is 48.5 Å². The lowest BCUT2D eigenvalue weighted by Gasteiger charge is -2.21. The summed E-state index contributed by atoms with van der Waals surface area (Å²) < 4.78 is 11.0. The van der Waals surface area contributed by atoms with E-state index in [1.54, 1.807) is 42.5 Å². The molecular weight excluding hydrogens is 362 g/mol. The van der Waals surface area contributed by atoms with Gasteiger partial charge in [-0.25, -0.2) is 0 Å². The van der Waals surface area contributed by atoms with Crippen LogP contribution in [0.1, 0.15) is 18.5 Å². The van der Waals surface area contributed by atoms with Crippen molar-refractivity contribution in [2.24, 2.45) is 0 Å². The Kier molecular flexibility index (Phi) is 6.11. The molecule has 0 radical (unpaired) electrons. The van der Waals surface area contributed by atoms with Gasteiger partial charge >= 0.3 is 0 Å². The smallest absolute Gasteiger partial charge is 0.251 e. The minimum absolute atomic E-state index is 0.212. The van der Waals surface area contributed by atoms with Crippen molar-refractivity contribution in [2.75, 3.05) is 25.1 Å². The van der Waals surface area contributed by atoms with Gasteiger partial charge in [0, 0.05) is 18.7 Å². The summed E-state index contributed by atoms with van der Waals surface area (Å²) in [6.07, 6.45) is 0. The molecule has 0 fully saturated rings. The van der Waals surface area contributed by atoms with Gasteiger partial charge in [-0.05, 0) is 17.7 Å². The van der Waals surface area contributed by atoms with E-state index in [4.69, 9.17) is 9.47 Å². The first-order chi connectivity index (χ1) is 13.5. The highest BCUT2D eigenvalue weighted by molar-refractivity contribution is 5.98. The Bertz CT molecular complexity index is 869. The lowest BCUT2D eigenvalue weighted by atomic mass is 10.1. The molecule has 0 saturated heterocycles. The zero-order chi connectivity index (χ0) is 19.9. The second-order valence-corrected chi connectivity index (χ2v) is 6.17. The zero-order valence-electron chi connectivity index (χ0n) is 15.4. The van der Waals surface area contributed by atoms with Crippen LogP contribution in [0.4, 0.5) is 5.69 Å². The number of fused-ring (bicyclic) bond motifs is 1. The summed E-state index contributed by atoms with van der Waals surface area (Å²) in [7, 11) is 0. The Balaban J connectivity index is 1.74. The number of carbonyl (C=O) groups is 3. The molecule has 3 rings (SSSR count). The maximum atomic E-state index is 12.9. The van der Waals surface area contributed by atoms with Crippen molar-refractivity contribution in [1.29, 1.82) is 0 Å². The van der Waals surface area contributed by atoms with Gasteiger partial charge in [0.1, 0.15) is 19.3 Å². The van der Waals surface area contributed by atoms with Gasteiger partial charge in [0.2, 0.25) is 11.8 Å². The molecule has 2 aromatic carbocycles. The van der Waals surface area contributed by atoms with Crippen LogP contribution in [-0.4, -0.2) is 37.5 Å². The molecule has 3 N–H and O–H groups in total. The van der Waals surface area contributed by atoms with E-state index in [1.807, 2.05) is 6.07 Å². The summed E-state index contributed by atoms with van der Waals surface area (Å²) in [5, 5.41) is 7.85. The Morgan fingerprint density at radius 3 is 2.43 bits per heavy atom. The lowest BCUT2D eigenvalue weighted by molar-refractivity contribution is -0.127. The number of benzene rings is 2. The van der Waals surface area contributed by atoms with Crippen molar-refractivity contribution in [2.45, 2.75) is 13.0 Å². The molecule has 2 aromatic rings. The van der Waals surface area contributed by atoms with Crippen LogP contribution in [0.3, 0.4) is 0 Å². The van der Waals surface area contributed by atoms with Gasteiger partial charge < -0.3 is 25.4 Å². The highest BCUT2D eigenvalue weighted by atomic mass is 16.6. The standard InChI is InChI=1S/C20H21N3O5/c1-13(24)21-12-18(25)23-19(14-5-3-2-4-6-14)20(26)22-15-7-8-16-17(11-15)28-10-9-27-16/h2-8,11,19H,9-10,12H2,1H3,(H,21,24)(H,22,26)(H,23,25)/t19-/m0/s1. The summed E-state index contributed by atoms with van der Waals surface area (Å²) >= 11 is 0. The van der Waals surface area contributed by atoms with Crippen LogP contribution in [-0.2, 0) is 14.4 Å². The number of ether oxygens (including phenoxy) is 2. The minimum Gasteiger partial charge on any atom is -0.486 e. The average Bonchev–Trinajstić information content (AvgIpc) is 2.71. The van der Waals surface area contributed by atoms with Gasteiger partial charge in [-0.1, -0.05) is 30.3 Å². The number of hydrogen-bond acceptors (Lipinski definition) is 5. The summed E-state index contributed by atoms with van der Waals surface area (Å²) in [4.78, 5) is 36.0. The van der Waals surface area contributed by atoms with Crippen LogP contribution in [0.2, 0.25) is 0 Å². The number of hydrogen-bond donors (Lipinski definition) is 3. The van der Waals surface area contributed by atoms with Gasteiger partial charge in [-0.2, -0.15) is 0 Å². The third-order valence-electron chi connectivity index (χ3n) is 4.01. The van der Waals surface area contributed by atoms with E-state index in [1.165, 1.54) is 6.92 Å². The highest BCUT2D eigenvalue weighted by Crippen LogP contribution is 2.32. The summed E-state index contributed by atoms with van der Waals surface area (Å²) in [5.74, 6) is -0.0463. The van der Waals surface area contributed by atoms with E-state index in [9.17, 15) is 14.4 Å². The Morgan fingerprint density at radius 2 is 1.71 bits per heavy atom. The zero-order valence-corrected chi connectivity index (χ0v) is 15.4. The summed E-state index contributed by atoms with van der Waals surface area (Å²) in [5.41, 5.74) is 1.14. The van der Waals surface area contributed by atoms with E-state index in [0.29, 0.717) is 36.0 Å². The first-order valence-electron chi connectivity index (χ1n) is 8.82. The normalized spacial score (nSPS) is 13.2. The molecule has 0 saturated carbocycles. The molecule has 146 valence electrons. The van der Waals surface area contributed by atoms with Crippen molar-refractivity contribution >= 4 is 23.4 Å². The number of amides is 3. The largest absolute Gasteiger partial charge is 0.486 e. The number of anilines is 1. The van der Waals surface area contributed by atoms with Crippen LogP contribution in [0.25, 0.3) is 0 Å². The molecule has 0 spiro atoms. The molecule has 1 aliphatic heterocycles. The van der Waals surface area contributed by atoms with Crippen molar-refractivity contribution in [3.8, 4) is 11.5 Å². The minimum atomic E-state index is -0.921. The fraction of sp³-hybridized carbons (Fsp3) is 0.250. The summed E-state index contributed by atoms with van der Waals surface area (Å²) in [6, 6.07) is 13.0. The molecule has 1 heterocycles. The van der Waals surface area contributed by atoms with Crippen molar-refractivity contribution in [1.82, 2.24) is 10.6 Å². The van der Waals surface area contributed by atoms with Crippen molar-refractivity contribution in [3.63, 3.8) is 0 Å². The number of nitrogens with one attached hydrogen (secondary N) is 3. The maximum Gasteiger partial charge on any atom is 0.251 e. The van der Waals surface area contributed by atoms with E-state index in [0.717, 1.165) is 0 Å². The predicted molar refractivity (Wildman–Crippen MR) is 102 cm³/mol. The molecule has 3 amide bonds. The third kappa shape index (κ3) is 5.00. The van der Waals surface area contributed by atoms with Crippen LogP contribution in [0.5, 0.6) is 11.5 Å². The topological polar surface area (TPSA) is 106 Å². The van der Waals surface area contributed by atoms with Crippen molar-refractivity contribution < 1.29 is 23.9 Å². The maximum absolute atomic E-state index is 12.9. The first kappa shape index (κ1) is 19.2. The number of carbonyl (C=O) groups excluding carboxylic acids is 3. The van der Waals surface area contributed by atoms with Gasteiger partial charge in [0.25, 0.3) is 5.91 Å². The second-order valence-electron chi connectivity index (χ2n) is 6.17. The predicted octanol–water partition coefficient (Wildman–Crippen LogP) is 1.39. The third-order valence-corrected chi connectivity index (χ3v) is 4.01. The van der Waals surface area contributed by atoms with E-state index >= 15 is 0 Å². The Labute approximate surface area is 162 Å². The molecule has 1 aliphatic rings. The molecule has 1 atom stereocenters. The average molecular weight is 383 g/mol. The van der Waals surface area contributed by atoms with E-state index in [-0.39, 0.29) is 12.5 Å². The molecule has 8 heteroatoms. The number of rotatable bonds is 6. The molecular formula is C20H21N3O5. The Hall–Kier alpha value is -3.55. The fourth-order valence-corrected chi connectivity index (χ4v) is 2.70. The highest BCUT2D eigenvalue weighted by Gasteiger charge is 2.23. The quantitative estimate of drug-likeness (QED) is 0.699. The van der Waals surface area contributed by atoms with E-state index in [2.05, 4.69) is 16.0 Å². The summed E-state index contributed by atoms with van der Waals surface area (Å²) in [6.45, 7) is 2.03. The van der Waals surface area contributed by atoms with Crippen LogP contribution in [0, 0.1) is 0 Å². The van der Waals surface area contributed by atoms with Crippen LogP contribution >= 0.6 is 0 Å². The van der Waals surface area contributed by atoms with Crippen LogP contribution < -0.4 is 25.4 Å². The second kappa shape index (κ2) is 8.90. The first-order valence-corrected chi connectivity index (χ1v) is 8.82. The molecule has 0 aromatic heterocycles. The molecule has 0 unspecified atom stereocenters. The SMILES string of the molecule is CC(=O)NCC(=O)N[C@H](C(=O)Nc1ccc2c(c1)OCCO2)c1ccccc1. The monoisotopic (exact) mass is 383 g/mol. The molecule has 0 aliphatic carbocycles. The van der Waals surface area contributed by atoms with Gasteiger partial charge in [-0.15, -0.1) is 0 Å². The van der Waals surface area contributed by atoms with Gasteiger partial charge in [-0.3, -0.25) is 14.4 Å². The van der Waals surface area contributed by atoms with Gasteiger partial charge in [0.05, 0.1) is 6.54 Å². The molecule has 28 heavy (non-hydrogen) atoms. The molecule has 8 nitrogen and oxygen atoms in total. The molecule has 0 bridgehead atoms. The fourth-order valence-electron chi connectivity index (χ4n) is 2.70. The van der Waals surface area contributed by atoms with Crippen molar-refractivity contribution in [3.05, 3.63) is 54.1 Å².